The van der Waals surface area contributed by atoms with Gasteiger partial charge in [0.2, 0.25) is 0 Å². The molecule has 0 unspecified atom stereocenters. The Morgan fingerprint density at radius 2 is 1.90 bits per heavy atom. The lowest BCUT2D eigenvalue weighted by atomic mass is 10.0. The second-order valence-electron chi connectivity index (χ2n) is 5.23. The van der Waals surface area contributed by atoms with Crippen molar-refractivity contribution in [2.75, 3.05) is 6.61 Å². The van der Waals surface area contributed by atoms with E-state index in [1.54, 1.807) is 30.3 Å². The second kappa shape index (κ2) is 5.98. The van der Waals surface area contributed by atoms with Crippen molar-refractivity contribution >= 4 is 21.7 Å². The van der Waals surface area contributed by atoms with Gasteiger partial charge in [-0.2, -0.15) is 0 Å². The summed E-state index contributed by atoms with van der Waals surface area (Å²) in [5, 5.41) is 0. The van der Waals surface area contributed by atoms with Gasteiger partial charge in [-0.25, -0.2) is 4.39 Å². The zero-order chi connectivity index (χ0) is 14.8. The normalized spacial score (nSPS) is 14.0. The van der Waals surface area contributed by atoms with E-state index >= 15 is 0 Å². The lowest BCUT2D eigenvalue weighted by molar-refractivity contribution is 0.103. The van der Waals surface area contributed by atoms with Gasteiger partial charge in [-0.1, -0.05) is 15.9 Å². The van der Waals surface area contributed by atoms with Gasteiger partial charge in [0.1, 0.15) is 11.6 Å². The first-order valence-corrected chi connectivity index (χ1v) is 7.65. The van der Waals surface area contributed by atoms with E-state index in [0.29, 0.717) is 23.8 Å². The van der Waals surface area contributed by atoms with Crippen molar-refractivity contribution in [2.24, 2.45) is 5.92 Å². The van der Waals surface area contributed by atoms with Crippen LogP contribution in [0.3, 0.4) is 0 Å². The molecule has 0 N–H and O–H groups in total. The molecule has 1 fully saturated rings. The molecule has 3 rings (SSSR count). The largest absolute Gasteiger partial charge is 0.493 e. The Bertz CT molecular complexity index is 663. The first-order chi connectivity index (χ1) is 10.1. The van der Waals surface area contributed by atoms with E-state index in [0.717, 1.165) is 4.47 Å². The van der Waals surface area contributed by atoms with E-state index in [2.05, 4.69) is 15.9 Å². The van der Waals surface area contributed by atoms with Crippen LogP contribution in [0.2, 0.25) is 0 Å². The van der Waals surface area contributed by atoms with E-state index in [1.807, 2.05) is 0 Å². The third-order valence-corrected chi connectivity index (χ3v) is 4.00. The Labute approximate surface area is 131 Å². The lowest BCUT2D eigenvalue weighted by Gasteiger charge is -2.08. The molecule has 0 aromatic heterocycles. The average Bonchev–Trinajstić information content (AvgIpc) is 3.29. The van der Waals surface area contributed by atoms with Crippen molar-refractivity contribution in [3.63, 3.8) is 0 Å². The number of ether oxygens (including phenoxy) is 1. The van der Waals surface area contributed by atoms with Gasteiger partial charge >= 0.3 is 0 Å². The molecule has 2 aromatic carbocycles. The Morgan fingerprint density at radius 3 is 2.52 bits per heavy atom. The quantitative estimate of drug-likeness (QED) is 0.737. The van der Waals surface area contributed by atoms with Crippen molar-refractivity contribution in [1.82, 2.24) is 0 Å². The predicted octanol–water partition coefficient (Wildman–Crippen LogP) is 4.61. The van der Waals surface area contributed by atoms with Crippen molar-refractivity contribution in [2.45, 2.75) is 12.8 Å². The van der Waals surface area contributed by atoms with Gasteiger partial charge in [0, 0.05) is 16.1 Å². The SMILES string of the molecule is O=C(c1ccc(Br)cc1)c1ccc(OCC2CC2)cc1F. The molecule has 0 aliphatic heterocycles. The molecule has 1 saturated carbocycles. The molecule has 108 valence electrons. The van der Waals surface area contributed by atoms with E-state index < -0.39 is 5.82 Å². The van der Waals surface area contributed by atoms with Crippen molar-refractivity contribution in [3.8, 4) is 5.75 Å². The minimum atomic E-state index is -0.545. The zero-order valence-corrected chi connectivity index (χ0v) is 12.9. The van der Waals surface area contributed by atoms with Crippen LogP contribution >= 0.6 is 15.9 Å². The van der Waals surface area contributed by atoms with Crippen molar-refractivity contribution in [3.05, 3.63) is 63.9 Å². The summed E-state index contributed by atoms with van der Waals surface area (Å²) < 4.78 is 20.5. The molecule has 0 radical (unpaired) electrons. The van der Waals surface area contributed by atoms with Gasteiger partial charge in [-0.3, -0.25) is 4.79 Å². The number of carbonyl (C=O) groups is 1. The summed E-state index contributed by atoms with van der Waals surface area (Å²) >= 11 is 3.31. The minimum absolute atomic E-state index is 0.0658. The Kier molecular flexibility index (Phi) is 4.06. The zero-order valence-electron chi connectivity index (χ0n) is 11.3. The molecule has 21 heavy (non-hydrogen) atoms. The number of rotatable bonds is 5. The molecule has 0 bridgehead atoms. The van der Waals surface area contributed by atoms with Crippen LogP contribution in [0.15, 0.2) is 46.9 Å². The van der Waals surface area contributed by atoms with Crippen LogP contribution in [0.1, 0.15) is 28.8 Å². The first-order valence-electron chi connectivity index (χ1n) is 6.86. The standard InChI is InChI=1S/C17H14BrFO2/c18-13-5-3-12(4-6-13)17(20)15-8-7-14(9-16(15)19)21-10-11-1-2-11/h3-9,11H,1-2,10H2. The van der Waals surface area contributed by atoms with E-state index in [1.165, 1.54) is 25.0 Å². The van der Waals surface area contributed by atoms with Gasteiger partial charge in [0.25, 0.3) is 0 Å². The summed E-state index contributed by atoms with van der Waals surface area (Å²) in [7, 11) is 0. The number of hydrogen-bond acceptors (Lipinski definition) is 2. The van der Waals surface area contributed by atoms with Crippen LogP contribution in [0.5, 0.6) is 5.75 Å². The van der Waals surface area contributed by atoms with Crippen LogP contribution in [0, 0.1) is 11.7 Å². The molecular formula is C17H14BrFO2. The van der Waals surface area contributed by atoms with Crippen LogP contribution in [0.4, 0.5) is 4.39 Å². The van der Waals surface area contributed by atoms with Gasteiger partial charge in [-0.15, -0.1) is 0 Å². The number of ketones is 1. The molecule has 0 heterocycles. The molecular weight excluding hydrogens is 335 g/mol. The van der Waals surface area contributed by atoms with Gasteiger partial charge < -0.3 is 4.74 Å². The fraction of sp³-hybridized carbons (Fsp3) is 0.235. The summed E-state index contributed by atoms with van der Waals surface area (Å²) in [6, 6.07) is 11.3. The summed E-state index contributed by atoms with van der Waals surface area (Å²) in [5.41, 5.74) is 0.528. The molecule has 0 spiro atoms. The minimum Gasteiger partial charge on any atom is -0.493 e. The molecule has 1 aliphatic carbocycles. The van der Waals surface area contributed by atoms with Crippen LogP contribution in [-0.2, 0) is 0 Å². The Hall–Kier alpha value is -1.68. The third-order valence-electron chi connectivity index (χ3n) is 3.47. The van der Waals surface area contributed by atoms with E-state index in [4.69, 9.17) is 4.74 Å². The lowest BCUT2D eigenvalue weighted by Crippen LogP contribution is -2.05. The Balaban J connectivity index is 1.77. The molecule has 4 heteroatoms. The highest BCUT2D eigenvalue weighted by Gasteiger charge is 2.22. The van der Waals surface area contributed by atoms with Crippen LogP contribution in [0.25, 0.3) is 0 Å². The van der Waals surface area contributed by atoms with Gasteiger partial charge in [-0.05, 0) is 55.2 Å². The van der Waals surface area contributed by atoms with Crippen molar-refractivity contribution in [1.29, 1.82) is 0 Å². The fourth-order valence-corrected chi connectivity index (χ4v) is 2.29. The predicted molar refractivity (Wildman–Crippen MR) is 82.2 cm³/mol. The number of hydrogen-bond donors (Lipinski definition) is 0. The van der Waals surface area contributed by atoms with Gasteiger partial charge in [0.05, 0.1) is 12.2 Å². The number of carbonyl (C=O) groups excluding carboxylic acids is 1. The highest BCUT2D eigenvalue weighted by molar-refractivity contribution is 9.10. The molecule has 2 nitrogen and oxygen atoms in total. The average molecular weight is 349 g/mol. The summed E-state index contributed by atoms with van der Waals surface area (Å²) in [6.45, 7) is 0.624. The molecule has 1 aliphatic rings. The molecule has 0 saturated heterocycles. The van der Waals surface area contributed by atoms with Gasteiger partial charge in [0.15, 0.2) is 5.78 Å². The summed E-state index contributed by atoms with van der Waals surface area (Å²) in [5.74, 6) is 0.217. The Morgan fingerprint density at radius 1 is 1.19 bits per heavy atom. The number of halogens is 2. The summed E-state index contributed by atoms with van der Waals surface area (Å²) in [6.07, 6.45) is 2.37. The van der Waals surface area contributed by atoms with Crippen LogP contribution < -0.4 is 4.74 Å². The molecule has 0 atom stereocenters. The van der Waals surface area contributed by atoms with E-state index in [9.17, 15) is 9.18 Å². The topological polar surface area (TPSA) is 26.3 Å². The second-order valence-corrected chi connectivity index (χ2v) is 6.15. The highest BCUT2D eigenvalue weighted by Crippen LogP contribution is 2.30. The summed E-state index contributed by atoms with van der Waals surface area (Å²) in [4.78, 5) is 12.3. The number of benzene rings is 2. The van der Waals surface area contributed by atoms with E-state index in [-0.39, 0.29) is 11.3 Å². The molecule has 0 amide bonds. The first kappa shape index (κ1) is 14.3. The van der Waals surface area contributed by atoms with Crippen molar-refractivity contribution < 1.29 is 13.9 Å². The van der Waals surface area contributed by atoms with Crippen LogP contribution in [-0.4, -0.2) is 12.4 Å². The maximum atomic E-state index is 14.1. The highest BCUT2D eigenvalue weighted by atomic mass is 79.9. The maximum absolute atomic E-state index is 14.1. The monoisotopic (exact) mass is 348 g/mol. The maximum Gasteiger partial charge on any atom is 0.195 e. The molecule has 2 aromatic rings. The smallest absolute Gasteiger partial charge is 0.195 e. The fourth-order valence-electron chi connectivity index (χ4n) is 2.03. The third kappa shape index (κ3) is 3.50.